The maximum Gasteiger partial charge on any atom is 0.341 e. The van der Waals surface area contributed by atoms with Crippen LogP contribution in [-0.2, 0) is 8.85 Å². The summed E-state index contributed by atoms with van der Waals surface area (Å²) >= 11 is 0. The summed E-state index contributed by atoms with van der Waals surface area (Å²) in [5, 5.41) is 0. The molecule has 0 aromatic rings. The van der Waals surface area contributed by atoms with Crippen molar-refractivity contribution in [3.05, 3.63) is 0 Å². The second kappa shape index (κ2) is 9.14. The van der Waals surface area contributed by atoms with Crippen LogP contribution in [0.3, 0.4) is 0 Å². The molecule has 0 radical (unpaired) electrons. The van der Waals surface area contributed by atoms with Crippen LogP contribution >= 0.6 is 0 Å². The lowest BCUT2D eigenvalue weighted by Crippen LogP contribution is -2.48. The Morgan fingerprint density at radius 1 is 0.737 bits per heavy atom. The summed E-state index contributed by atoms with van der Waals surface area (Å²) in [6.45, 7) is 19.7. The van der Waals surface area contributed by atoms with Crippen LogP contribution in [0.2, 0.25) is 11.6 Å². The van der Waals surface area contributed by atoms with E-state index in [1.54, 1.807) is 0 Å². The molecular formula is C16H36O2Si. The molecule has 0 heterocycles. The summed E-state index contributed by atoms with van der Waals surface area (Å²) in [6, 6.07) is 1.11. The van der Waals surface area contributed by atoms with Crippen molar-refractivity contribution < 1.29 is 8.85 Å². The fourth-order valence-corrected chi connectivity index (χ4v) is 6.42. The summed E-state index contributed by atoms with van der Waals surface area (Å²) in [7, 11) is -2.09. The first kappa shape index (κ1) is 19.1. The highest BCUT2D eigenvalue weighted by Gasteiger charge is 2.43. The molecule has 1 unspecified atom stereocenters. The molecule has 1 atom stereocenters. The molecule has 0 saturated carbocycles. The van der Waals surface area contributed by atoms with Crippen molar-refractivity contribution in [3.8, 4) is 0 Å². The van der Waals surface area contributed by atoms with Crippen molar-refractivity contribution >= 4 is 8.56 Å². The molecule has 0 aromatic heterocycles. The molecule has 0 amide bonds. The first-order valence-corrected chi connectivity index (χ1v) is 10.1. The Morgan fingerprint density at radius 3 is 1.42 bits per heavy atom. The molecule has 19 heavy (non-hydrogen) atoms. The highest BCUT2D eigenvalue weighted by Crippen LogP contribution is 2.34. The first-order chi connectivity index (χ1) is 8.73. The SMILES string of the molecule is CCC(C)[Si](CC(C)C)(OCC(C)C)OCC(C)C. The third-order valence-electron chi connectivity index (χ3n) is 3.38. The number of hydrogen-bond acceptors (Lipinski definition) is 2. The minimum atomic E-state index is -2.09. The average molecular weight is 289 g/mol. The van der Waals surface area contributed by atoms with Crippen LogP contribution in [0, 0.1) is 17.8 Å². The Balaban J connectivity index is 4.95. The summed E-state index contributed by atoms with van der Waals surface area (Å²) in [5.74, 6) is 1.79. The lowest BCUT2D eigenvalue weighted by Gasteiger charge is -2.38. The van der Waals surface area contributed by atoms with Gasteiger partial charge in [-0.05, 0) is 29.3 Å². The van der Waals surface area contributed by atoms with Gasteiger partial charge >= 0.3 is 8.56 Å². The van der Waals surface area contributed by atoms with E-state index in [4.69, 9.17) is 8.85 Å². The second-order valence-corrected chi connectivity index (χ2v) is 10.7. The summed E-state index contributed by atoms with van der Waals surface area (Å²) in [4.78, 5) is 0. The van der Waals surface area contributed by atoms with E-state index in [2.05, 4.69) is 55.4 Å². The van der Waals surface area contributed by atoms with Crippen LogP contribution in [0.1, 0.15) is 61.8 Å². The third-order valence-corrected chi connectivity index (χ3v) is 7.98. The number of rotatable bonds is 10. The normalized spacial score (nSPS) is 14.7. The van der Waals surface area contributed by atoms with Gasteiger partial charge in [-0.25, -0.2) is 0 Å². The highest BCUT2D eigenvalue weighted by atomic mass is 28.4. The lowest BCUT2D eigenvalue weighted by atomic mass is 10.2. The predicted octanol–water partition coefficient (Wildman–Crippen LogP) is 5.23. The molecule has 0 N–H and O–H groups in total. The van der Waals surface area contributed by atoms with E-state index in [9.17, 15) is 0 Å². The summed E-state index contributed by atoms with van der Waals surface area (Å²) in [6.07, 6.45) is 1.15. The van der Waals surface area contributed by atoms with Gasteiger partial charge in [0.2, 0.25) is 0 Å². The molecule has 0 aliphatic rings. The molecule has 0 spiro atoms. The van der Waals surface area contributed by atoms with Crippen LogP contribution in [-0.4, -0.2) is 21.8 Å². The zero-order valence-corrected chi connectivity index (χ0v) is 15.5. The van der Waals surface area contributed by atoms with Crippen molar-refractivity contribution in [1.82, 2.24) is 0 Å². The van der Waals surface area contributed by atoms with Crippen LogP contribution in [0.25, 0.3) is 0 Å². The van der Waals surface area contributed by atoms with Crippen LogP contribution in [0.4, 0.5) is 0 Å². The average Bonchev–Trinajstić information content (AvgIpc) is 2.31. The Hall–Kier alpha value is 0.137. The van der Waals surface area contributed by atoms with E-state index in [0.717, 1.165) is 25.7 Å². The molecule has 0 aromatic carbocycles. The van der Waals surface area contributed by atoms with Gasteiger partial charge in [-0.2, -0.15) is 0 Å². The monoisotopic (exact) mass is 288 g/mol. The molecule has 3 heteroatoms. The van der Waals surface area contributed by atoms with E-state index in [-0.39, 0.29) is 0 Å². The molecule has 0 rings (SSSR count). The molecule has 0 aliphatic carbocycles. The topological polar surface area (TPSA) is 18.5 Å². The largest absolute Gasteiger partial charge is 0.394 e. The Kier molecular flexibility index (Phi) is 9.21. The van der Waals surface area contributed by atoms with Gasteiger partial charge in [0.05, 0.1) is 0 Å². The molecule has 116 valence electrons. The highest BCUT2D eigenvalue weighted by molar-refractivity contribution is 6.69. The van der Waals surface area contributed by atoms with Gasteiger partial charge in [0.25, 0.3) is 0 Å². The molecule has 0 aliphatic heterocycles. The van der Waals surface area contributed by atoms with Crippen LogP contribution in [0.5, 0.6) is 0 Å². The molecular weight excluding hydrogens is 252 g/mol. The minimum Gasteiger partial charge on any atom is -0.394 e. The lowest BCUT2D eigenvalue weighted by molar-refractivity contribution is 0.126. The zero-order chi connectivity index (χ0) is 15.1. The van der Waals surface area contributed by atoms with Gasteiger partial charge in [0.1, 0.15) is 0 Å². The van der Waals surface area contributed by atoms with Gasteiger partial charge in [0.15, 0.2) is 0 Å². The van der Waals surface area contributed by atoms with E-state index in [1.807, 2.05) is 0 Å². The predicted molar refractivity (Wildman–Crippen MR) is 86.7 cm³/mol. The van der Waals surface area contributed by atoms with E-state index in [1.165, 1.54) is 0 Å². The van der Waals surface area contributed by atoms with Crippen molar-refractivity contribution in [2.45, 2.75) is 73.4 Å². The Labute approximate surface area is 122 Å². The quantitative estimate of drug-likeness (QED) is 0.512. The van der Waals surface area contributed by atoms with E-state index < -0.39 is 8.56 Å². The molecule has 2 nitrogen and oxygen atoms in total. The second-order valence-electron chi connectivity index (χ2n) is 7.13. The zero-order valence-electron chi connectivity index (χ0n) is 14.5. The molecule has 0 saturated heterocycles. The fraction of sp³-hybridized carbons (Fsp3) is 1.00. The van der Waals surface area contributed by atoms with Gasteiger partial charge in [-0.15, -0.1) is 0 Å². The standard InChI is InChI=1S/C16H36O2Si/c1-9-16(8)19(12-15(6)7,17-10-13(2)3)18-11-14(4)5/h13-16H,9-12H2,1-8H3. The Bertz CT molecular complexity index is 215. The summed E-state index contributed by atoms with van der Waals surface area (Å²) < 4.78 is 12.8. The van der Waals surface area contributed by atoms with Gasteiger partial charge in [0, 0.05) is 13.2 Å². The van der Waals surface area contributed by atoms with E-state index >= 15 is 0 Å². The van der Waals surface area contributed by atoms with Crippen molar-refractivity contribution in [3.63, 3.8) is 0 Å². The van der Waals surface area contributed by atoms with Crippen molar-refractivity contribution in [1.29, 1.82) is 0 Å². The first-order valence-electron chi connectivity index (χ1n) is 8.01. The Morgan fingerprint density at radius 2 is 1.16 bits per heavy atom. The summed E-state index contributed by atoms with van der Waals surface area (Å²) in [5.41, 5.74) is 0.562. The third kappa shape index (κ3) is 7.47. The fourth-order valence-electron chi connectivity index (χ4n) is 2.14. The smallest absolute Gasteiger partial charge is 0.341 e. The van der Waals surface area contributed by atoms with Gasteiger partial charge in [-0.1, -0.05) is 61.8 Å². The van der Waals surface area contributed by atoms with E-state index in [0.29, 0.717) is 23.3 Å². The maximum absolute atomic E-state index is 6.42. The van der Waals surface area contributed by atoms with Crippen LogP contribution < -0.4 is 0 Å². The minimum absolute atomic E-state index is 0.562. The molecule has 0 fully saturated rings. The van der Waals surface area contributed by atoms with Gasteiger partial charge < -0.3 is 8.85 Å². The van der Waals surface area contributed by atoms with Gasteiger partial charge in [-0.3, -0.25) is 0 Å². The molecule has 0 bridgehead atoms. The number of hydrogen-bond donors (Lipinski definition) is 0. The maximum atomic E-state index is 6.42. The van der Waals surface area contributed by atoms with Crippen molar-refractivity contribution in [2.24, 2.45) is 17.8 Å². The van der Waals surface area contributed by atoms with Crippen molar-refractivity contribution in [2.75, 3.05) is 13.2 Å². The van der Waals surface area contributed by atoms with Crippen LogP contribution in [0.15, 0.2) is 0 Å².